The van der Waals surface area contributed by atoms with Crippen LogP contribution in [0.2, 0.25) is 0 Å². The first kappa shape index (κ1) is 25.9. The van der Waals surface area contributed by atoms with Crippen LogP contribution in [0.3, 0.4) is 0 Å². The molecule has 0 bridgehead atoms. The van der Waals surface area contributed by atoms with Crippen LogP contribution >= 0.6 is 0 Å². The Balaban J connectivity index is 1.25. The summed E-state index contributed by atoms with van der Waals surface area (Å²) in [4.78, 5) is 9.75. The van der Waals surface area contributed by atoms with Gasteiger partial charge in [-0.25, -0.2) is 4.98 Å². The SMILES string of the molecule is [2H]c1c([2H])c([2H])c(-c2c([2H])c([2H])c([2H])c(-c3c([2H])c([2H])c([2H])c([2H])c3[2H])c2[N+]2=C=[N+](c3cc(Oc4cnc5c6ccccc6n(-c6cc(C(C)(C)C)ccn6)c5c4)cc(C(C)(C)C)c3)c3ccccc32)c([2H])c1[2H]. The smallest absolute Gasteiger partial charge is 0.455 e. The van der Waals surface area contributed by atoms with Gasteiger partial charge in [0, 0.05) is 35.8 Å². The van der Waals surface area contributed by atoms with Gasteiger partial charge in [0.1, 0.15) is 17.3 Å². The van der Waals surface area contributed by atoms with Crippen molar-refractivity contribution >= 4 is 50.7 Å². The summed E-state index contributed by atoms with van der Waals surface area (Å²) in [5.41, 5.74) is 3.03. The van der Waals surface area contributed by atoms with Crippen molar-refractivity contribution in [2.24, 2.45) is 0 Å². The Morgan fingerprint density at radius 3 is 1.90 bits per heavy atom. The molecule has 0 spiro atoms. The minimum atomic E-state index is -0.774. The highest BCUT2D eigenvalue weighted by Gasteiger charge is 2.39. The van der Waals surface area contributed by atoms with Crippen LogP contribution in [-0.2, 0) is 10.8 Å². The Bertz CT molecular complexity index is 3840. The number of fused-ring (bicyclic) bond motifs is 4. The van der Waals surface area contributed by atoms with Crippen LogP contribution in [0.1, 0.15) is 70.5 Å². The number of hydrogen-bond acceptors (Lipinski definition) is 3. The molecular formula is C55H47N5O+2. The summed E-state index contributed by atoms with van der Waals surface area (Å²) in [7, 11) is 0. The quantitative estimate of drug-likeness (QED) is 0.151. The fraction of sp³-hybridized carbons (Fsp3) is 0.145. The fourth-order valence-electron chi connectivity index (χ4n) is 7.61. The van der Waals surface area contributed by atoms with Crippen molar-refractivity contribution in [3.8, 4) is 39.6 Å². The van der Waals surface area contributed by atoms with Crippen LogP contribution in [0.15, 0.2) is 176 Å². The van der Waals surface area contributed by atoms with Crippen LogP contribution in [0.25, 0.3) is 50.0 Å². The maximum atomic E-state index is 9.42. The Morgan fingerprint density at radius 1 is 0.590 bits per heavy atom. The predicted molar refractivity (Wildman–Crippen MR) is 252 cm³/mol. The highest BCUT2D eigenvalue weighted by Crippen LogP contribution is 2.45. The summed E-state index contributed by atoms with van der Waals surface area (Å²) in [5, 5.41) is 0.939. The van der Waals surface area contributed by atoms with Gasteiger partial charge in [-0.05, 0) is 78.6 Å². The van der Waals surface area contributed by atoms with Crippen molar-refractivity contribution < 1.29 is 22.6 Å². The number of benzene rings is 6. The van der Waals surface area contributed by atoms with Gasteiger partial charge in [0.2, 0.25) is 11.4 Å². The molecule has 6 nitrogen and oxygen atoms in total. The molecule has 61 heavy (non-hydrogen) atoms. The Morgan fingerprint density at radius 2 is 1.23 bits per heavy atom. The van der Waals surface area contributed by atoms with Crippen molar-refractivity contribution in [3.05, 3.63) is 187 Å². The molecule has 10 rings (SSSR count). The molecule has 3 aromatic heterocycles. The molecule has 1 aliphatic heterocycles. The van der Waals surface area contributed by atoms with Gasteiger partial charge < -0.3 is 4.74 Å². The maximum Gasteiger partial charge on any atom is 0.503 e. The number of para-hydroxylation sites is 4. The second-order valence-corrected chi connectivity index (χ2v) is 16.8. The summed E-state index contributed by atoms with van der Waals surface area (Å²) in [6.45, 7) is 12.6. The number of aromatic nitrogens is 3. The number of nitrogens with zero attached hydrogens (tertiary/aromatic N) is 5. The lowest BCUT2D eigenvalue weighted by molar-refractivity contribution is 0.477. The van der Waals surface area contributed by atoms with Gasteiger partial charge in [-0.15, -0.1) is 0 Å². The topological polar surface area (TPSA) is 46.0 Å². The minimum absolute atomic E-state index is 0.137. The molecule has 0 N–H and O–H groups in total. The zero-order valence-corrected chi connectivity index (χ0v) is 34.4. The number of ether oxygens (including phenoxy) is 1. The van der Waals surface area contributed by atoms with Crippen LogP contribution in [0, 0.1) is 0 Å². The zero-order valence-electron chi connectivity index (χ0n) is 47.4. The third-order valence-electron chi connectivity index (χ3n) is 10.7. The standard InChI is InChI=1S/C55H47N5O/c1-54(2,3)39-28-29-56-51(32-39)60-47-25-14-13-22-46(47)52-50(60)34-43(35-57-52)61-42-31-40(55(4,5)6)30-41(33-42)58-36-59(49-27-16-15-26-48(49)58)53-44(37-18-9-7-10-19-37)23-17-24-45(53)38-20-11-8-12-21-38/h7-35H,1-6H3/q+2/i7D,8D,9D,10D,11D,12D,17D,18D,19D,20D,21D,23D,24D. The monoisotopic (exact) mass is 806 g/mol. The number of pyridine rings is 2. The average molecular weight is 807 g/mol. The largest absolute Gasteiger partial charge is 0.503 e. The molecule has 1 aliphatic rings. The summed E-state index contributed by atoms with van der Waals surface area (Å²) < 4.78 is 128. The number of rotatable bonds is 7. The van der Waals surface area contributed by atoms with E-state index in [1.165, 1.54) is 4.58 Å². The van der Waals surface area contributed by atoms with E-state index in [9.17, 15) is 2.74 Å². The second-order valence-electron chi connectivity index (χ2n) is 16.8. The highest BCUT2D eigenvalue weighted by molar-refractivity contribution is 6.07. The van der Waals surface area contributed by atoms with E-state index in [4.69, 9.17) is 29.8 Å². The first-order valence-corrected chi connectivity index (χ1v) is 19.8. The van der Waals surface area contributed by atoms with Crippen molar-refractivity contribution in [1.82, 2.24) is 23.7 Å². The van der Waals surface area contributed by atoms with Crippen molar-refractivity contribution in [2.75, 3.05) is 0 Å². The summed E-state index contributed by atoms with van der Waals surface area (Å²) in [6.07, 6.45) is 3.48. The Kier molecular flexibility index (Phi) is 6.25. The van der Waals surface area contributed by atoms with Crippen LogP contribution in [-0.4, -0.2) is 20.5 Å². The van der Waals surface area contributed by atoms with E-state index in [-0.39, 0.29) is 11.1 Å². The number of hydrogen-bond donors (Lipinski definition) is 0. The van der Waals surface area contributed by atoms with Gasteiger partial charge in [0.25, 0.3) is 11.4 Å². The van der Waals surface area contributed by atoms with Crippen molar-refractivity contribution in [1.29, 1.82) is 0 Å². The van der Waals surface area contributed by atoms with E-state index >= 15 is 0 Å². The summed E-state index contributed by atoms with van der Waals surface area (Å²) >= 11 is 0. The lowest BCUT2D eigenvalue weighted by atomic mass is 9.86. The zero-order chi connectivity index (χ0) is 53.2. The molecular weight excluding hydrogens is 747 g/mol. The van der Waals surface area contributed by atoms with Crippen molar-refractivity contribution in [3.63, 3.8) is 0 Å². The third kappa shape index (κ3) is 6.91. The van der Waals surface area contributed by atoms with Crippen LogP contribution in [0.5, 0.6) is 11.5 Å². The lowest BCUT2D eigenvalue weighted by Crippen LogP contribution is -2.12. The van der Waals surface area contributed by atoms with E-state index < -0.39 is 106 Å². The molecule has 0 fully saturated rings. The first-order valence-electron chi connectivity index (χ1n) is 26.3. The normalized spacial score (nSPS) is 15.7. The summed E-state index contributed by atoms with van der Waals surface area (Å²) in [5.74, 6) is 1.57. The first-order chi connectivity index (χ1) is 34.9. The summed E-state index contributed by atoms with van der Waals surface area (Å²) in [6, 6.07) is 20.6. The highest BCUT2D eigenvalue weighted by atomic mass is 16.5. The Labute approximate surface area is 375 Å². The third-order valence-corrected chi connectivity index (χ3v) is 10.7. The molecule has 6 heteroatoms. The van der Waals surface area contributed by atoms with Crippen LogP contribution in [0.4, 0.5) is 22.7 Å². The molecule has 0 saturated heterocycles. The van der Waals surface area contributed by atoms with E-state index in [0.29, 0.717) is 28.6 Å². The van der Waals surface area contributed by atoms with Gasteiger partial charge in [-0.1, -0.05) is 138 Å². The van der Waals surface area contributed by atoms with Crippen LogP contribution < -0.4 is 13.9 Å². The van der Waals surface area contributed by atoms with Gasteiger partial charge >= 0.3 is 6.01 Å². The average Bonchev–Trinajstić information content (AvgIpc) is 3.92. The van der Waals surface area contributed by atoms with Gasteiger partial charge in [0.05, 0.1) is 57.8 Å². The van der Waals surface area contributed by atoms with Gasteiger partial charge in [-0.3, -0.25) is 9.55 Å². The van der Waals surface area contributed by atoms with E-state index in [0.717, 1.165) is 38.9 Å². The second kappa shape index (κ2) is 14.7. The molecule has 9 aromatic rings. The molecule has 0 aliphatic carbocycles. The van der Waals surface area contributed by atoms with E-state index in [1.54, 1.807) is 41.1 Å². The molecule has 296 valence electrons. The Hall–Kier alpha value is -7.40. The van der Waals surface area contributed by atoms with Gasteiger partial charge in [0.15, 0.2) is 0 Å². The minimum Gasteiger partial charge on any atom is -0.455 e. The molecule has 0 saturated carbocycles. The molecule has 6 aromatic carbocycles. The van der Waals surface area contributed by atoms with Crippen molar-refractivity contribution in [2.45, 2.75) is 52.4 Å². The van der Waals surface area contributed by atoms with Gasteiger partial charge in [-0.2, -0.15) is 0 Å². The molecule has 0 amide bonds. The fourth-order valence-corrected chi connectivity index (χ4v) is 7.61. The lowest BCUT2D eigenvalue weighted by Gasteiger charge is -2.20. The van der Waals surface area contributed by atoms with E-state index in [1.807, 2.05) is 75.5 Å². The molecule has 4 heterocycles. The molecule has 0 atom stereocenters. The maximum absolute atomic E-state index is 9.42. The molecule has 0 unspecified atom stereocenters. The predicted octanol–water partition coefficient (Wildman–Crippen LogP) is 14.2. The molecule has 0 radical (unpaired) electrons. The van der Waals surface area contributed by atoms with E-state index in [2.05, 4.69) is 37.4 Å².